The van der Waals surface area contributed by atoms with Gasteiger partial charge in [-0.2, -0.15) is 0 Å². The van der Waals surface area contributed by atoms with Crippen molar-refractivity contribution in [2.75, 3.05) is 13.1 Å². The van der Waals surface area contributed by atoms with Crippen molar-refractivity contribution in [1.29, 1.82) is 0 Å². The summed E-state index contributed by atoms with van der Waals surface area (Å²) in [6.07, 6.45) is 9.18. The third-order valence-corrected chi connectivity index (χ3v) is 9.81. The van der Waals surface area contributed by atoms with Gasteiger partial charge in [-0.3, -0.25) is 19.1 Å². The second-order valence-corrected chi connectivity index (χ2v) is 13.8. The van der Waals surface area contributed by atoms with Gasteiger partial charge >= 0.3 is 5.69 Å². The third-order valence-electron chi connectivity index (χ3n) is 9.81. The molecule has 0 spiro atoms. The fourth-order valence-electron chi connectivity index (χ4n) is 7.18. The number of nitrogens with zero attached hydrogens (tertiary/aromatic N) is 5. The molecule has 0 saturated heterocycles. The summed E-state index contributed by atoms with van der Waals surface area (Å²) in [4.78, 5) is 51.4. The quantitative estimate of drug-likeness (QED) is 0.217. The van der Waals surface area contributed by atoms with E-state index in [2.05, 4.69) is 58.7 Å². The molecule has 0 bridgehead atoms. The van der Waals surface area contributed by atoms with Crippen LogP contribution in [0.2, 0.25) is 0 Å². The number of benzene rings is 2. The van der Waals surface area contributed by atoms with E-state index < -0.39 is 35.0 Å². The molecule has 12 heteroatoms. The van der Waals surface area contributed by atoms with Crippen LogP contribution in [-0.2, 0) is 11.2 Å². The molecule has 10 nitrogen and oxygen atoms in total. The minimum Gasteiger partial charge on any atom is -0.351 e. The highest BCUT2D eigenvalue weighted by Gasteiger charge is 2.33. The Morgan fingerprint density at radius 2 is 1.76 bits per heavy atom. The van der Waals surface area contributed by atoms with Crippen molar-refractivity contribution in [3.05, 3.63) is 117 Å². The van der Waals surface area contributed by atoms with E-state index in [0.717, 1.165) is 42.8 Å². The molecule has 1 amide bonds. The predicted octanol–water partition coefficient (Wildman–Crippen LogP) is 5.35. The first kappa shape index (κ1) is 34.2. The highest BCUT2D eigenvalue weighted by atomic mass is 19.1. The molecule has 2 aliphatic heterocycles. The van der Waals surface area contributed by atoms with Crippen LogP contribution < -0.4 is 21.9 Å². The predicted molar refractivity (Wildman–Crippen MR) is 194 cm³/mol. The number of halogens is 2. The first-order valence-corrected chi connectivity index (χ1v) is 17.6. The summed E-state index contributed by atoms with van der Waals surface area (Å²) in [6.45, 7) is 5.49. The summed E-state index contributed by atoms with van der Waals surface area (Å²) in [5.74, 6) is -0.768. The van der Waals surface area contributed by atoms with Gasteiger partial charge in [-0.25, -0.2) is 23.1 Å². The minimum absolute atomic E-state index is 0.0167. The lowest BCUT2D eigenvalue weighted by Crippen LogP contribution is -2.47. The van der Waals surface area contributed by atoms with Gasteiger partial charge in [0.05, 0.1) is 23.8 Å². The molecular formula is C39H41F2N7O3. The number of hydrogen-bond donors (Lipinski definition) is 2. The second kappa shape index (κ2) is 14.6. The maximum atomic E-state index is 14.5. The average Bonchev–Trinajstić information content (AvgIpc) is 3.55. The van der Waals surface area contributed by atoms with Crippen molar-refractivity contribution in [2.24, 2.45) is 4.99 Å². The first-order chi connectivity index (χ1) is 24.6. The van der Waals surface area contributed by atoms with E-state index in [1.807, 2.05) is 18.2 Å². The first-order valence-electron chi connectivity index (χ1n) is 17.6. The van der Waals surface area contributed by atoms with Gasteiger partial charge < -0.3 is 15.5 Å². The summed E-state index contributed by atoms with van der Waals surface area (Å²) >= 11 is 0. The van der Waals surface area contributed by atoms with Gasteiger partial charge in [-0.05, 0) is 92.1 Å². The van der Waals surface area contributed by atoms with Crippen molar-refractivity contribution in [3.8, 4) is 16.8 Å². The summed E-state index contributed by atoms with van der Waals surface area (Å²) < 4.78 is 30.8. The number of aryl methyl sites for hydroxylation is 1. The fourth-order valence-corrected chi connectivity index (χ4v) is 7.18. The Balaban J connectivity index is 1.11. The Bertz CT molecular complexity index is 2160. The molecule has 4 aromatic rings. The highest BCUT2D eigenvalue weighted by molar-refractivity contribution is 6.00. The van der Waals surface area contributed by atoms with Gasteiger partial charge in [-0.15, -0.1) is 0 Å². The second-order valence-electron chi connectivity index (χ2n) is 13.8. The zero-order valence-electron chi connectivity index (χ0n) is 28.7. The van der Waals surface area contributed by atoms with Crippen molar-refractivity contribution >= 4 is 22.8 Å². The molecule has 7 rings (SSSR count). The Morgan fingerprint density at radius 3 is 2.53 bits per heavy atom. The average molecular weight is 694 g/mol. The number of amidine groups is 1. The topological polar surface area (TPSA) is 114 Å². The molecule has 0 radical (unpaired) electrons. The van der Waals surface area contributed by atoms with Crippen LogP contribution in [0.25, 0.3) is 27.8 Å². The van der Waals surface area contributed by atoms with E-state index in [1.165, 1.54) is 27.0 Å². The van der Waals surface area contributed by atoms with Crippen molar-refractivity contribution in [2.45, 2.75) is 76.5 Å². The lowest BCUT2D eigenvalue weighted by molar-refractivity contribution is -0.123. The number of rotatable bonds is 10. The monoisotopic (exact) mass is 693 g/mol. The van der Waals surface area contributed by atoms with Crippen molar-refractivity contribution in [1.82, 2.24) is 29.7 Å². The number of aliphatic imine (C=N–C) groups is 1. The summed E-state index contributed by atoms with van der Waals surface area (Å²) in [6, 6.07) is 16.1. The molecule has 2 N–H and O–H groups in total. The van der Waals surface area contributed by atoms with Gasteiger partial charge in [0.2, 0.25) is 5.91 Å². The number of amides is 1. The fraction of sp³-hybridized carbons (Fsp3) is 0.359. The highest BCUT2D eigenvalue weighted by Crippen LogP contribution is 2.29. The molecule has 1 fully saturated rings. The Kier molecular flexibility index (Phi) is 9.77. The lowest BCUT2D eigenvalue weighted by Gasteiger charge is -2.30. The van der Waals surface area contributed by atoms with Gasteiger partial charge in [0.1, 0.15) is 23.5 Å². The number of pyridine rings is 1. The number of aromatic nitrogens is 3. The molecule has 1 aliphatic carbocycles. The minimum atomic E-state index is -0.669. The van der Waals surface area contributed by atoms with E-state index in [9.17, 15) is 23.2 Å². The van der Waals surface area contributed by atoms with Crippen molar-refractivity contribution in [3.63, 3.8) is 0 Å². The molecule has 1 unspecified atom stereocenters. The van der Waals surface area contributed by atoms with Crippen molar-refractivity contribution < 1.29 is 13.6 Å². The molecule has 1 saturated carbocycles. The molecule has 2 aromatic heterocycles. The largest absolute Gasteiger partial charge is 0.351 e. The standard InChI is InChI=1S/C39H41F2N7O3/c1-24(2)42-18-4-5-25-8-10-26(11-9-25)27-6-3-7-32(19-27)47-36-33(20-29(41)21-43-36)38(50)48(39(47)51)31-15-13-30(14-16-31)44-37(49)34-23-46-22-28(40)12-17-35(46)45-34/h3,6-12,17,19-22,24,30-31,34,42H,4-5,13-16,18,23H2,1-2H3,(H,44,49). The molecule has 264 valence electrons. The lowest BCUT2D eigenvalue weighted by atomic mass is 9.90. The maximum absolute atomic E-state index is 14.5. The molecule has 2 aromatic carbocycles. The zero-order chi connectivity index (χ0) is 35.6. The van der Waals surface area contributed by atoms with E-state index in [1.54, 1.807) is 17.0 Å². The Hall–Kier alpha value is -5.23. The number of carbonyl (C=O) groups excluding carboxylic acids is 1. The van der Waals surface area contributed by atoms with E-state index >= 15 is 0 Å². The van der Waals surface area contributed by atoms with E-state index in [0.29, 0.717) is 43.2 Å². The van der Waals surface area contributed by atoms with Gasteiger partial charge in [0.25, 0.3) is 5.56 Å². The number of fused-ring (bicyclic) bond motifs is 2. The number of carbonyl (C=O) groups is 1. The van der Waals surface area contributed by atoms with Crippen LogP contribution in [0, 0.1) is 5.82 Å². The van der Waals surface area contributed by atoms with Crippen LogP contribution in [0.5, 0.6) is 0 Å². The maximum Gasteiger partial charge on any atom is 0.337 e. The van der Waals surface area contributed by atoms with Gasteiger partial charge in [0.15, 0.2) is 5.65 Å². The number of allylic oxidation sites excluding steroid dienone is 2. The Morgan fingerprint density at radius 1 is 0.980 bits per heavy atom. The Labute approximate surface area is 294 Å². The number of hydrogen-bond acceptors (Lipinski definition) is 7. The van der Waals surface area contributed by atoms with E-state index in [-0.39, 0.29) is 29.5 Å². The number of nitrogens with one attached hydrogen (secondary N) is 2. The smallest absolute Gasteiger partial charge is 0.337 e. The normalized spacial score (nSPS) is 20.0. The molecule has 4 heterocycles. The molecule has 51 heavy (non-hydrogen) atoms. The van der Waals surface area contributed by atoms with Crippen LogP contribution in [0.15, 0.2) is 99.6 Å². The van der Waals surface area contributed by atoms with Crippen LogP contribution >= 0.6 is 0 Å². The summed E-state index contributed by atoms with van der Waals surface area (Å²) in [5, 5.41) is 6.51. The van der Waals surface area contributed by atoms with E-state index in [4.69, 9.17) is 0 Å². The van der Waals surface area contributed by atoms with Crippen LogP contribution in [0.4, 0.5) is 8.78 Å². The SMILES string of the molecule is CC(C)NCCCc1ccc(-c2cccc(-n3c(=O)n(C4CCC(NC(=O)C5CN6C=C(F)C=CC6=N5)CC4)c(=O)c4cc(F)cnc43)c2)cc1. The molecule has 1 atom stereocenters. The summed E-state index contributed by atoms with van der Waals surface area (Å²) in [5.41, 5.74) is 2.57. The third kappa shape index (κ3) is 7.32. The van der Waals surface area contributed by atoms with Gasteiger partial charge in [0, 0.05) is 24.3 Å². The summed E-state index contributed by atoms with van der Waals surface area (Å²) in [7, 11) is 0. The van der Waals surface area contributed by atoms with Gasteiger partial charge in [-0.1, -0.05) is 50.2 Å². The van der Waals surface area contributed by atoms with Crippen LogP contribution in [0.3, 0.4) is 0 Å². The molecular weight excluding hydrogens is 652 g/mol. The van der Waals surface area contributed by atoms with Crippen LogP contribution in [-0.4, -0.2) is 62.0 Å². The van der Waals surface area contributed by atoms with Crippen LogP contribution in [0.1, 0.15) is 57.6 Å². The zero-order valence-corrected chi connectivity index (χ0v) is 28.7. The molecule has 3 aliphatic rings.